The lowest BCUT2D eigenvalue weighted by atomic mass is 9.99. The van der Waals surface area contributed by atoms with Gasteiger partial charge < -0.3 is 19.4 Å². The van der Waals surface area contributed by atoms with E-state index in [9.17, 15) is 4.79 Å². The van der Waals surface area contributed by atoms with Crippen molar-refractivity contribution in [3.8, 4) is 0 Å². The van der Waals surface area contributed by atoms with E-state index < -0.39 is 0 Å². The fourth-order valence-corrected chi connectivity index (χ4v) is 3.81. The standard InChI is InChI=1S/C17H23N3O3S/c1-12-5-6-15(23-12)14(11-22-2)19-17(21)20-8-3-4-13(10-20)16-18-7-9-24-16/h5-7,9,13-14H,3-4,8,10-11H2,1-2H3,(H,19,21). The second kappa shape index (κ2) is 7.81. The van der Waals surface area contributed by atoms with Gasteiger partial charge >= 0.3 is 6.03 Å². The van der Waals surface area contributed by atoms with Crippen molar-refractivity contribution >= 4 is 17.4 Å². The molecule has 3 rings (SSSR count). The molecule has 2 amide bonds. The third-order valence-electron chi connectivity index (χ3n) is 4.24. The third-order valence-corrected chi connectivity index (χ3v) is 5.18. The largest absolute Gasteiger partial charge is 0.464 e. The highest BCUT2D eigenvalue weighted by Gasteiger charge is 2.28. The Bertz CT molecular complexity index is 656. The number of nitrogens with zero attached hydrogens (tertiary/aromatic N) is 2. The fourth-order valence-electron chi connectivity index (χ4n) is 3.04. The minimum absolute atomic E-state index is 0.0765. The minimum Gasteiger partial charge on any atom is -0.464 e. The molecule has 1 aliphatic rings. The van der Waals surface area contributed by atoms with Crippen molar-refractivity contribution in [1.82, 2.24) is 15.2 Å². The van der Waals surface area contributed by atoms with E-state index >= 15 is 0 Å². The molecule has 0 aromatic carbocycles. The van der Waals surface area contributed by atoms with Crippen LogP contribution >= 0.6 is 11.3 Å². The first-order valence-electron chi connectivity index (χ1n) is 8.17. The number of likely N-dealkylation sites (tertiary alicyclic amines) is 1. The molecule has 130 valence electrons. The summed E-state index contributed by atoms with van der Waals surface area (Å²) >= 11 is 1.66. The summed E-state index contributed by atoms with van der Waals surface area (Å²) in [6, 6.07) is 3.42. The summed E-state index contributed by atoms with van der Waals surface area (Å²) in [5.41, 5.74) is 0. The van der Waals surface area contributed by atoms with Crippen LogP contribution in [0, 0.1) is 6.92 Å². The van der Waals surface area contributed by atoms with Crippen molar-refractivity contribution in [3.05, 3.63) is 40.2 Å². The van der Waals surface area contributed by atoms with Gasteiger partial charge in [-0.2, -0.15) is 0 Å². The van der Waals surface area contributed by atoms with Gasteiger partial charge in [0.05, 0.1) is 11.6 Å². The van der Waals surface area contributed by atoms with Crippen molar-refractivity contribution < 1.29 is 13.9 Å². The molecule has 0 radical (unpaired) electrons. The van der Waals surface area contributed by atoms with Crippen molar-refractivity contribution in [1.29, 1.82) is 0 Å². The number of carbonyl (C=O) groups is 1. The van der Waals surface area contributed by atoms with Crippen LogP contribution in [0.4, 0.5) is 4.79 Å². The van der Waals surface area contributed by atoms with Gasteiger partial charge in [0.15, 0.2) is 0 Å². The van der Waals surface area contributed by atoms with E-state index in [1.807, 2.05) is 35.5 Å². The number of furan rings is 1. The lowest BCUT2D eigenvalue weighted by molar-refractivity contribution is 0.141. The zero-order chi connectivity index (χ0) is 16.9. The number of thiazole rings is 1. The summed E-state index contributed by atoms with van der Waals surface area (Å²) in [5.74, 6) is 1.87. The Morgan fingerprint density at radius 1 is 1.58 bits per heavy atom. The summed E-state index contributed by atoms with van der Waals surface area (Å²) in [5, 5.41) is 6.14. The van der Waals surface area contributed by atoms with Gasteiger partial charge in [0.2, 0.25) is 0 Å². The molecule has 2 atom stereocenters. The molecule has 3 heterocycles. The number of methoxy groups -OCH3 is 1. The van der Waals surface area contributed by atoms with Crippen molar-refractivity contribution in [3.63, 3.8) is 0 Å². The molecular weight excluding hydrogens is 326 g/mol. The lowest BCUT2D eigenvalue weighted by Gasteiger charge is -2.32. The molecule has 0 spiro atoms. The number of aromatic nitrogens is 1. The zero-order valence-electron chi connectivity index (χ0n) is 14.0. The number of ether oxygens (including phenoxy) is 1. The van der Waals surface area contributed by atoms with E-state index in [-0.39, 0.29) is 12.1 Å². The molecule has 0 bridgehead atoms. The van der Waals surface area contributed by atoms with Gasteiger partial charge in [0.1, 0.15) is 17.6 Å². The van der Waals surface area contributed by atoms with Crippen LogP contribution in [0.5, 0.6) is 0 Å². The average Bonchev–Trinajstić information content (AvgIpc) is 3.26. The molecule has 7 heteroatoms. The number of urea groups is 1. The smallest absolute Gasteiger partial charge is 0.318 e. The lowest BCUT2D eigenvalue weighted by Crippen LogP contribution is -2.46. The predicted octanol–water partition coefficient (Wildman–Crippen LogP) is 3.32. The molecule has 24 heavy (non-hydrogen) atoms. The summed E-state index contributed by atoms with van der Waals surface area (Å²) in [6.45, 7) is 3.74. The Morgan fingerprint density at radius 2 is 2.46 bits per heavy atom. The van der Waals surface area contributed by atoms with E-state index in [1.54, 1.807) is 18.4 Å². The first-order chi connectivity index (χ1) is 11.7. The number of amides is 2. The normalized spacial score (nSPS) is 19.2. The highest BCUT2D eigenvalue weighted by Crippen LogP contribution is 2.28. The van der Waals surface area contributed by atoms with Crippen LogP contribution in [0.3, 0.4) is 0 Å². The van der Waals surface area contributed by atoms with Crippen molar-refractivity contribution in [2.75, 3.05) is 26.8 Å². The maximum absolute atomic E-state index is 12.7. The van der Waals surface area contributed by atoms with Gasteiger partial charge in [0.25, 0.3) is 0 Å². The molecule has 0 aliphatic carbocycles. The SMILES string of the molecule is COCC(NC(=O)N1CCCC(c2nccs2)C1)c1ccc(C)o1. The molecule has 2 aromatic rings. The van der Waals surface area contributed by atoms with Crippen LogP contribution < -0.4 is 5.32 Å². The number of hydrogen-bond acceptors (Lipinski definition) is 5. The Hall–Kier alpha value is -1.86. The molecule has 6 nitrogen and oxygen atoms in total. The van der Waals surface area contributed by atoms with Crippen LogP contribution in [0.15, 0.2) is 28.1 Å². The average molecular weight is 349 g/mol. The monoisotopic (exact) mass is 349 g/mol. The summed E-state index contributed by atoms with van der Waals surface area (Å²) in [6.07, 6.45) is 3.90. The van der Waals surface area contributed by atoms with Gasteiger partial charge in [0, 0.05) is 37.7 Å². The van der Waals surface area contributed by atoms with Crippen molar-refractivity contribution in [2.45, 2.75) is 31.7 Å². The zero-order valence-corrected chi connectivity index (χ0v) is 14.8. The molecule has 2 unspecified atom stereocenters. The van der Waals surface area contributed by atoms with Gasteiger partial charge in [-0.3, -0.25) is 0 Å². The van der Waals surface area contributed by atoms with Crippen LogP contribution in [0.2, 0.25) is 0 Å². The molecule has 2 aromatic heterocycles. The van der Waals surface area contributed by atoms with Gasteiger partial charge in [-0.25, -0.2) is 9.78 Å². The fraction of sp³-hybridized carbons (Fsp3) is 0.529. The highest BCUT2D eigenvalue weighted by molar-refractivity contribution is 7.09. The molecule has 1 aliphatic heterocycles. The highest BCUT2D eigenvalue weighted by atomic mass is 32.1. The minimum atomic E-state index is -0.281. The van der Waals surface area contributed by atoms with Crippen LogP contribution in [-0.2, 0) is 4.74 Å². The van der Waals surface area contributed by atoms with Crippen LogP contribution in [0.25, 0.3) is 0 Å². The second-order valence-electron chi connectivity index (χ2n) is 6.06. The van der Waals surface area contributed by atoms with E-state index in [0.717, 1.165) is 35.9 Å². The maximum atomic E-state index is 12.7. The van der Waals surface area contributed by atoms with Gasteiger partial charge in [-0.05, 0) is 31.9 Å². The Kier molecular flexibility index (Phi) is 5.52. The number of hydrogen-bond donors (Lipinski definition) is 1. The van der Waals surface area contributed by atoms with E-state index in [2.05, 4.69) is 10.3 Å². The summed E-state index contributed by atoms with van der Waals surface area (Å²) in [7, 11) is 1.62. The van der Waals surface area contributed by atoms with Gasteiger partial charge in [-0.1, -0.05) is 0 Å². The number of carbonyl (C=O) groups excluding carboxylic acids is 1. The first kappa shape index (κ1) is 17.0. The third kappa shape index (κ3) is 3.96. The first-order valence-corrected chi connectivity index (χ1v) is 9.05. The topological polar surface area (TPSA) is 67.6 Å². The van der Waals surface area contributed by atoms with E-state index in [1.165, 1.54) is 0 Å². The molecule has 1 N–H and O–H groups in total. The maximum Gasteiger partial charge on any atom is 0.318 e. The van der Waals surface area contributed by atoms with Crippen LogP contribution in [-0.4, -0.2) is 42.7 Å². The number of rotatable bonds is 5. The Balaban J connectivity index is 1.64. The summed E-state index contributed by atoms with van der Waals surface area (Å²) in [4.78, 5) is 18.9. The molecule has 1 saturated heterocycles. The molecular formula is C17H23N3O3S. The quantitative estimate of drug-likeness (QED) is 0.899. The number of aryl methyl sites for hydroxylation is 1. The van der Waals surface area contributed by atoms with E-state index in [0.29, 0.717) is 19.1 Å². The number of nitrogens with one attached hydrogen (secondary N) is 1. The molecule has 0 saturated carbocycles. The summed E-state index contributed by atoms with van der Waals surface area (Å²) < 4.78 is 10.9. The Labute approximate surface area is 145 Å². The van der Waals surface area contributed by atoms with Gasteiger partial charge in [-0.15, -0.1) is 11.3 Å². The molecule has 1 fully saturated rings. The Morgan fingerprint density at radius 3 is 3.12 bits per heavy atom. The number of piperidine rings is 1. The van der Waals surface area contributed by atoms with Crippen LogP contribution in [0.1, 0.15) is 41.3 Å². The van der Waals surface area contributed by atoms with Crippen molar-refractivity contribution in [2.24, 2.45) is 0 Å². The second-order valence-corrected chi connectivity index (χ2v) is 6.99. The van der Waals surface area contributed by atoms with E-state index in [4.69, 9.17) is 9.15 Å². The predicted molar refractivity (Wildman–Crippen MR) is 92.3 cm³/mol.